The zero-order valence-electron chi connectivity index (χ0n) is 10.9. The van der Waals surface area contributed by atoms with E-state index in [1.54, 1.807) is 12.1 Å². The molecular formula is C14H20FNO2. The molecule has 1 fully saturated rings. The van der Waals surface area contributed by atoms with Gasteiger partial charge in [-0.1, -0.05) is 6.07 Å². The van der Waals surface area contributed by atoms with Crippen LogP contribution in [0.3, 0.4) is 0 Å². The van der Waals surface area contributed by atoms with Crippen LogP contribution < -0.4 is 4.74 Å². The number of ether oxygens (including phenoxy) is 1. The molecule has 2 atom stereocenters. The molecule has 0 bridgehead atoms. The van der Waals surface area contributed by atoms with Gasteiger partial charge in [-0.25, -0.2) is 4.39 Å². The Bertz CT molecular complexity index is 411. The summed E-state index contributed by atoms with van der Waals surface area (Å²) in [5.41, 5.74) is 0.657. The van der Waals surface area contributed by atoms with Crippen LogP contribution in [0.2, 0.25) is 0 Å². The standard InChI is InChI=1S/C14H20FNO2/c1-10(16-7-3-4-11(17)9-16)13-6-5-12(18-2)8-14(13)15/h5-6,8,10-11,17H,3-4,7,9H2,1-2H3/t10-,11-/m1/s1. The second-order valence-electron chi connectivity index (χ2n) is 4.85. The van der Waals surface area contributed by atoms with Crippen molar-refractivity contribution in [3.8, 4) is 5.75 Å². The van der Waals surface area contributed by atoms with Gasteiger partial charge in [0.05, 0.1) is 13.2 Å². The SMILES string of the molecule is COc1ccc([C@@H](C)N2CCC[C@@H](O)C2)c(F)c1. The third kappa shape index (κ3) is 2.82. The average molecular weight is 253 g/mol. The summed E-state index contributed by atoms with van der Waals surface area (Å²) in [6.07, 6.45) is 1.51. The van der Waals surface area contributed by atoms with Crippen molar-refractivity contribution >= 4 is 0 Å². The van der Waals surface area contributed by atoms with E-state index in [2.05, 4.69) is 4.90 Å². The number of likely N-dealkylation sites (tertiary alicyclic amines) is 1. The predicted molar refractivity (Wildman–Crippen MR) is 68.2 cm³/mol. The molecule has 0 radical (unpaired) electrons. The molecule has 1 aromatic carbocycles. The molecule has 0 amide bonds. The van der Waals surface area contributed by atoms with Crippen LogP contribution >= 0.6 is 0 Å². The van der Waals surface area contributed by atoms with E-state index in [-0.39, 0.29) is 18.0 Å². The van der Waals surface area contributed by atoms with Gasteiger partial charge in [-0.15, -0.1) is 0 Å². The number of aliphatic hydroxyl groups is 1. The number of hydrogen-bond donors (Lipinski definition) is 1. The van der Waals surface area contributed by atoms with Crippen LogP contribution in [0.5, 0.6) is 5.75 Å². The van der Waals surface area contributed by atoms with Crippen LogP contribution in [0.25, 0.3) is 0 Å². The van der Waals surface area contributed by atoms with E-state index in [4.69, 9.17) is 4.74 Å². The number of piperidine rings is 1. The first kappa shape index (κ1) is 13.3. The molecule has 2 rings (SSSR count). The van der Waals surface area contributed by atoms with Crippen LogP contribution in [0, 0.1) is 5.82 Å². The average Bonchev–Trinajstić information content (AvgIpc) is 2.37. The fraction of sp³-hybridized carbons (Fsp3) is 0.571. The van der Waals surface area contributed by atoms with Gasteiger partial charge in [0.1, 0.15) is 11.6 Å². The van der Waals surface area contributed by atoms with Gasteiger partial charge in [-0.05, 0) is 32.4 Å². The van der Waals surface area contributed by atoms with Crippen LogP contribution in [-0.2, 0) is 0 Å². The van der Waals surface area contributed by atoms with Crippen molar-refractivity contribution in [1.29, 1.82) is 0 Å². The Morgan fingerprint density at radius 3 is 2.89 bits per heavy atom. The molecular weight excluding hydrogens is 233 g/mol. The summed E-state index contributed by atoms with van der Waals surface area (Å²) < 4.78 is 19.0. The number of aliphatic hydroxyl groups excluding tert-OH is 1. The maximum absolute atomic E-state index is 14.0. The lowest BCUT2D eigenvalue weighted by Crippen LogP contribution is -2.39. The van der Waals surface area contributed by atoms with E-state index in [1.807, 2.05) is 6.92 Å². The van der Waals surface area contributed by atoms with E-state index in [0.717, 1.165) is 19.4 Å². The monoisotopic (exact) mass is 253 g/mol. The Morgan fingerprint density at radius 2 is 2.28 bits per heavy atom. The second kappa shape index (κ2) is 5.67. The van der Waals surface area contributed by atoms with Crippen molar-refractivity contribution in [1.82, 2.24) is 4.90 Å². The Kier molecular flexibility index (Phi) is 4.19. The summed E-state index contributed by atoms with van der Waals surface area (Å²) in [4.78, 5) is 2.12. The molecule has 0 spiro atoms. The number of hydrogen-bond acceptors (Lipinski definition) is 3. The highest BCUT2D eigenvalue weighted by Crippen LogP contribution is 2.28. The van der Waals surface area contributed by atoms with E-state index >= 15 is 0 Å². The van der Waals surface area contributed by atoms with Gasteiger partial charge in [0.2, 0.25) is 0 Å². The predicted octanol–water partition coefficient (Wildman–Crippen LogP) is 2.35. The molecule has 3 nitrogen and oxygen atoms in total. The summed E-state index contributed by atoms with van der Waals surface area (Å²) in [6, 6.07) is 4.92. The van der Waals surface area contributed by atoms with Crippen molar-refractivity contribution in [2.45, 2.75) is 31.9 Å². The molecule has 18 heavy (non-hydrogen) atoms. The van der Waals surface area contributed by atoms with Gasteiger partial charge in [0, 0.05) is 24.2 Å². The number of rotatable bonds is 3. The Balaban J connectivity index is 2.15. The third-order valence-corrected chi connectivity index (χ3v) is 3.63. The number of methoxy groups -OCH3 is 1. The number of β-amino-alcohol motifs (C(OH)–C–C–N with tert-alkyl or cyclic N) is 1. The summed E-state index contributed by atoms with van der Waals surface area (Å²) in [5.74, 6) is 0.282. The first-order valence-electron chi connectivity index (χ1n) is 6.37. The molecule has 0 saturated carbocycles. The highest BCUT2D eigenvalue weighted by Gasteiger charge is 2.24. The van der Waals surface area contributed by atoms with Crippen molar-refractivity contribution in [3.63, 3.8) is 0 Å². The van der Waals surface area contributed by atoms with Gasteiger partial charge in [0.25, 0.3) is 0 Å². The molecule has 4 heteroatoms. The minimum Gasteiger partial charge on any atom is -0.497 e. The van der Waals surface area contributed by atoms with Gasteiger partial charge in [-0.3, -0.25) is 4.90 Å². The van der Waals surface area contributed by atoms with Crippen molar-refractivity contribution < 1.29 is 14.2 Å². The summed E-state index contributed by atoms with van der Waals surface area (Å²) >= 11 is 0. The maximum Gasteiger partial charge on any atom is 0.131 e. The van der Waals surface area contributed by atoms with Crippen LogP contribution in [-0.4, -0.2) is 36.3 Å². The largest absolute Gasteiger partial charge is 0.497 e. The van der Waals surface area contributed by atoms with Gasteiger partial charge >= 0.3 is 0 Å². The van der Waals surface area contributed by atoms with Gasteiger partial charge in [-0.2, -0.15) is 0 Å². The Labute approximate surface area is 107 Å². The van der Waals surface area contributed by atoms with E-state index in [1.165, 1.54) is 13.2 Å². The summed E-state index contributed by atoms with van der Waals surface area (Å²) in [5, 5.41) is 9.67. The number of nitrogens with zero attached hydrogens (tertiary/aromatic N) is 1. The quantitative estimate of drug-likeness (QED) is 0.897. The van der Waals surface area contributed by atoms with E-state index in [0.29, 0.717) is 17.9 Å². The van der Waals surface area contributed by atoms with Crippen LogP contribution in [0.4, 0.5) is 4.39 Å². The lowest BCUT2D eigenvalue weighted by molar-refractivity contribution is 0.0495. The summed E-state index contributed by atoms with van der Waals surface area (Å²) in [6.45, 7) is 3.50. The summed E-state index contributed by atoms with van der Waals surface area (Å²) in [7, 11) is 1.53. The molecule has 1 heterocycles. The van der Waals surface area contributed by atoms with Gasteiger partial charge < -0.3 is 9.84 Å². The third-order valence-electron chi connectivity index (χ3n) is 3.63. The highest BCUT2D eigenvalue weighted by atomic mass is 19.1. The van der Waals surface area contributed by atoms with Crippen molar-refractivity contribution in [2.75, 3.05) is 20.2 Å². The smallest absolute Gasteiger partial charge is 0.131 e. The van der Waals surface area contributed by atoms with Gasteiger partial charge in [0.15, 0.2) is 0 Å². The molecule has 1 saturated heterocycles. The molecule has 0 aliphatic carbocycles. The van der Waals surface area contributed by atoms with Crippen molar-refractivity contribution in [2.24, 2.45) is 0 Å². The maximum atomic E-state index is 14.0. The van der Waals surface area contributed by atoms with Crippen LogP contribution in [0.15, 0.2) is 18.2 Å². The lowest BCUT2D eigenvalue weighted by Gasteiger charge is -2.35. The topological polar surface area (TPSA) is 32.7 Å². The molecule has 0 unspecified atom stereocenters. The second-order valence-corrected chi connectivity index (χ2v) is 4.85. The van der Waals surface area contributed by atoms with Crippen molar-refractivity contribution in [3.05, 3.63) is 29.6 Å². The molecule has 100 valence electrons. The number of halogens is 1. The zero-order chi connectivity index (χ0) is 13.1. The first-order chi connectivity index (χ1) is 8.61. The molecule has 1 aliphatic heterocycles. The Hall–Kier alpha value is -1.13. The first-order valence-corrected chi connectivity index (χ1v) is 6.37. The fourth-order valence-corrected chi connectivity index (χ4v) is 2.51. The van der Waals surface area contributed by atoms with E-state index < -0.39 is 0 Å². The molecule has 0 aromatic heterocycles. The molecule has 1 aromatic rings. The minimum absolute atomic E-state index is 0.0224. The zero-order valence-corrected chi connectivity index (χ0v) is 10.9. The molecule has 1 N–H and O–H groups in total. The fourth-order valence-electron chi connectivity index (χ4n) is 2.51. The number of benzene rings is 1. The normalized spacial score (nSPS) is 22.8. The lowest BCUT2D eigenvalue weighted by atomic mass is 10.0. The van der Waals surface area contributed by atoms with E-state index in [9.17, 15) is 9.50 Å². The Morgan fingerprint density at radius 1 is 1.50 bits per heavy atom. The molecule has 1 aliphatic rings. The minimum atomic E-state index is -0.289. The highest BCUT2D eigenvalue weighted by molar-refractivity contribution is 5.30. The van der Waals surface area contributed by atoms with Crippen LogP contribution in [0.1, 0.15) is 31.4 Å².